The van der Waals surface area contributed by atoms with E-state index >= 15 is 0 Å². The number of nitrogens with two attached hydrogens (primary N) is 1. The van der Waals surface area contributed by atoms with Crippen LogP contribution in [0.2, 0.25) is 0 Å². The van der Waals surface area contributed by atoms with E-state index in [0.717, 1.165) is 12.1 Å². The molecule has 2 N–H and O–H groups in total. The Bertz CT molecular complexity index is 782. The fourth-order valence-electron chi connectivity index (χ4n) is 2.03. The number of anilines is 1. The Labute approximate surface area is 126 Å². The molecule has 2 aromatic heterocycles. The minimum absolute atomic E-state index is 0.00278. The zero-order valence-corrected chi connectivity index (χ0v) is 12.1. The van der Waals surface area contributed by atoms with Crippen LogP contribution in [-0.2, 0) is 0 Å². The smallest absolute Gasteiger partial charge is 0.230 e. The van der Waals surface area contributed by atoms with E-state index in [0.29, 0.717) is 15.6 Å². The van der Waals surface area contributed by atoms with Crippen LogP contribution in [0.3, 0.4) is 0 Å². The molecule has 0 spiro atoms. The van der Waals surface area contributed by atoms with Crippen LogP contribution in [0.15, 0.2) is 45.7 Å². The third-order valence-corrected chi connectivity index (χ3v) is 3.37. The van der Waals surface area contributed by atoms with Gasteiger partial charge in [0.15, 0.2) is 0 Å². The molecule has 3 rings (SSSR count). The first-order chi connectivity index (χ1) is 10.1. The number of aromatic nitrogens is 2. The van der Waals surface area contributed by atoms with Gasteiger partial charge >= 0.3 is 0 Å². The highest BCUT2D eigenvalue weighted by Gasteiger charge is 2.23. The largest absolute Gasteiger partial charge is 0.367 e. The average molecular weight is 352 g/mol. The lowest BCUT2D eigenvalue weighted by atomic mass is 10.0. The van der Waals surface area contributed by atoms with Crippen molar-refractivity contribution in [3.63, 3.8) is 0 Å². The second-order valence-electron chi connectivity index (χ2n) is 4.26. The molecule has 3 aromatic rings. The van der Waals surface area contributed by atoms with Gasteiger partial charge in [-0.2, -0.15) is 0 Å². The maximum Gasteiger partial charge on any atom is 0.230 e. The second-order valence-corrected chi connectivity index (χ2v) is 5.17. The SMILES string of the molecule is Nc1onc(-c2c(F)cc(Br)cc2F)c1-c1cccnc1. The van der Waals surface area contributed by atoms with Crippen LogP contribution in [0, 0.1) is 11.6 Å². The van der Waals surface area contributed by atoms with Gasteiger partial charge in [-0.3, -0.25) is 4.98 Å². The van der Waals surface area contributed by atoms with Gasteiger partial charge in [-0.15, -0.1) is 0 Å². The van der Waals surface area contributed by atoms with Gasteiger partial charge < -0.3 is 10.3 Å². The summed E-state index contributed by atoms with van der Waals surface area (Å²) in [6, 6.07) is 5.68. The Morgan fingerprint density at radius 3 is 2.48 bits per heavy atom. The van der Waals surface area contributed by atoms with Gasteiger partial charge in [0.25, 0.3) is 0 Å². The summed E-state index contributed by atoms with van der Waals surface area (Å²) in [6.45, 7) is 0. The van der Waals surface area contributed by atoms with Crippen molar-refractivity contribution < 1.29 is 13.3 Å². The molecule has 0 bridgehead atoms. The van der Waals surface area contributed by atoms with Crippen LogP contribution in [0.5, 0.6) is 0 Å². The molecular weight excluding hydrogens is 344 g/mol. The van der Waals surface area contributed by atoms with Gasteiger partial charge in [0.1, 0.15) is 17.3 Å². The minimum Gasteiger partial charge on any atom is -0.367 e. The van der Waals surface area contributed by atoms with Crippen molar-refractivity contribution in [3.8, 4) is 22.4 Å². The number of halogens is 3. The van der Waals surface area contributed by atoms with Crippen molar-refractivity contribution in [2.75, 3.05) is 5.73 Å². The van der Waals surface area contributed by atoms with Gasteiger partial charge in [0.2, 0.25) is 5.88 Å². The zero-order chi connectivity index (χ0) is 15.0. The highest BCUT2D eigenvalue weighted by Crippen LogP contribution is 2.38. The van der Waals surface area contributed by atoms with Crippen molar-refractivity contribution in [1.29, 1.82) is 0 Å². The summed E-state index contributed by atoms with van der Waals surface area (Å²) in [4.78, 5) is 3.96. The first-order valence-electron chi connectivity index (χ1n) is 5.88. The molecule has 0 radical (unpaired) electrons. The van der Waals surface area contributed by atoms with Crippen LogP contribution in [0.1, 0.15) is 0 Å². The number of nitrogen functional groups attached to an aromatic ring is 1. The molecule has 7 heteroatoms. The van der Waals surface area contributed by atoms with Crippen LogP contribution in [0.4, 0.5) is 14.7 Å². The van der Waals surface area contributed by atoms with Crippen molar-refractivity contribution in [1.82, 2.24) is 10.1 Å². The lowest BCUT2D eigenvalue weighted by Gasteiger charge is -2.05. The number of hydrogen-bond acceptors (Lipinski definition) is 4. The number of pyridine rings is 1. The first-order valence-corrected chi connectivity index (χ1v) is 6.67. The third kappa shape index (κ3) is 2.40. The summed E-state index contributed by atoms with van der Waals surface area (Å²) in [7, 11) is 0. The maximum absolute atomic E-state index is 14.1. The van der Waals surface area contributed by atoms with Gasteiger partial charge in [-0.25, -0.2) is 8.78 Å². The standard InChI is InChI=1S/C14H8BrF2N3O/c15-8-4-9(16)12(10(17)5-8)13-11(14(18)21-20-13)7-2-1-3-19-6-7/h1-6H,18H2. The van der Waals surface area contributed by atoms with Gasteiger partial charge in [0, 0.05) is 22.4 Å². The van der Waals surface area contributed by atoms with Crippen LogP contribution < -0.4 is 5.73 Å². The molecule has 21 heavy (non-hydrogen) atoms. The average Bonchev–Trinajstić information content (AvgIpc) is 2.80. The lowest BCUT2D eigenvalue weighted by molar-refractivity contribution is 0.438. The normalized spacial score (nSPS) is 10.8. The predicted molar refractivity (Wildman–Crippen MR) is 77.2 cm³/mol. The summed E-state index contributed by atoms with van der Waals surface area (Å²) in [5, 5.41) is 3.69. The topological polar surface area (TPSA) is 64.9 Å². The van der Waals surface area contributed by atoms with Crippen molar-refractivity contribution in [3.05, 3.63) is 52.8 Å². The Hall–Kier alpha value is -2.28. The molecule has 106 valence electrons. The quantitative estimate of drug-likeness (QED) is 0.756. The van der Waals surface area contributed by atoms with Crippen LogP contribution in [0.25, 0.3) is 22.4 Å². The van der Waals surface area contributed by atoms with E-state index in [1.54, 1.807) is 18.3 Å². The van der Waals surface area contributed by atoms with E-state index < -0.39 is 11.6 Å². The van der Waals surface area contributed by atoms with Gasteiger partial charge in [-0.1, -0.05) is 27.2 Å². The van der Waals surface area contributed by atoms with E-state index in [4.69, 9.17) is 10.3 Å². The predicted octanol–water partition coefficient (Wildman–Crippen LogP) is 4.03. The summed E-state index contributed by atoms with van der Waals surface area (Å²) >= 11 is 3.03. The molecule has 0 saturated heterocycles. The molecule has 0 atom stereocenters. The van der Waals surface area contributed by atoms with Gasteiger partial charge in [-0.05, 0) is 18.2 Å². The summed E-state index contributed by atoms with van der Waals surface area (Å²) < 4.78 is 33.4. The summed E-state index contributed by atoms with van der Waals surface area (Å²) in [5.41, 5.74) is 6.31. The fraction of sp³-hybridized carbons (Fsp3) is 0. The molecule has 0 aliphatic heterocycles. The molecule has 4 nitrogen and oxygen atoms in total. The molecule has 2 heterocycles. The Morgan fingerprint density at radius 2 is 1.86 bits per heavy atom. The molecule has 0 aliphatic rings. The number of benzene rings is 1. The molecule has 0 unspecified atom stereocenters. The molecule has 1 aromatic carbocycles. The number of hydrogen-bond donors (Lipinski definition) is 1. The number of rotatable bonds is 2. The zero-order valence-electron chi connectivity index (χ0n) is 10.5. The van der Waals surface area contributed by atoms with E-state index in [1.807, 2.05) is 0 Å². The summed E-state index contributed by atoms with van der Waals surface area (Å²) in [5.74, 6) is -1.56. The van der Waals surface area contributed by atoms with E-state index in [1.165, 1.54) is 6.20 Å². The Morgan fingerprint density at radius 1 is 1.14 bits per heavy atom. The molecule has 0 aliphatic carbocycles. The highest BCUT2D eigenvalue weighted by molar-refractivity contribution is 9.10. The van der Waals surface area contributed by atoms with E-state index in [-0.39, 0.29) is 17.1 Å². The summed E-state index contributed by atoms with van der Waals surface area (Å²) in [6.07, 6.45) is 3.09. The lowest BCUT2D eigenvalue weighted by Crippen LogP contribution is -1.94. The van der Waals surface area contributed by atoms with Gasteiger partial charge in [0.05, 0.1) is 11.1 Å². The molecular formula is C14H8BrF2N3O. The highest BCUT2D eigenvalue weighted by atomic mass is 79.9. The van der Waals surface area contributed by atoms with Crippen molar-refractivity contribution >= 4 is 21.8 Å². The van der Waals surface area contributed by atoms with Crippen LogP contribution in [-0.4, -0.2) is 10.1 Å². The maximum atomic E-state index is 14.1. The van der Waals surface area contributed by atoms with Crippen molar-refractivity contribution in [2.45, 2.75) is 0 Å². The molecule has 0 amide bonds. The fourth-order valence-corrected chi connectivity index (χ4v) is 2.43. The molecule has 0 fully saturated rings. The van der Waals surface area contributed by atoms with Crippen LogP contribution >= 0.6 is 15.9 Å². The number of nitrogens with zero attached hydrogens (tertiary/aromatic N) is 2. The van der Waals surface area contributed by atoms with E-state index in [9.17, 15) is 8.78 Å². The Balaban J connectivity index is 2.27. The Kier molecular flexibility index (Phi) is 3.42. The minimum atomic E-state index is -0.764. The first kappa shape index (κ1) is 13.7. The third-order valence-electron chi connectivity index (χ3n) is 2.91. The molecule has 0 saturated carbocycles. The van der Waals surface area contributed by atoms with Crippen molar-refractivity contribution in [2.24, 2.45) is 0 Å². The monoisotopic (exact) mass is 351 g/mol. The van der Waals surface area contributed by atoms with E-state index in [2.05, 4.69) is 26.1 Å². The second kappa shape index (κ2) is 5.25.